The van der Waals surface area contributed by atoms with E-state index in [1.165, 1.54) is 0 Å². The van der Waals surface area contributed by atoms with Crippen molar-refractivity contribution >= 4 is 0 Å². The Morgan fingerprint density at radius 3 is 1.24 bits per heavy atom. The molecule has 0 rings (SSSR count). The quantitative estimate of drug-likeness (QED) is 0.516. The summed E-state index contributed by atoms with van der Waals surface area (Å²) in [6, 6.07) is 0. The van der Waals surface area contributed by atoms with E-state index < -0.39 is 0 Å². The Morgan fingerprint density at radius 2 is 1.00 bits per heavy atom. The Bertz CT molecular complexity index is 222. The van der Waals surface area contributed by atoms with Crippen LogP contribution in [0.2, 0.25) is 0 Å². The molecule has 0 heterocycles. The number of nitrogens with zero attached hydrogens (tertiary/aromatic N) is 2. The van der Waals surface area contributed by atoms with Gasteiger partial charge in [-0.1, -0.05) is 27.7 Å². The van der Waals surface area contributed by atoms with Crippen LogP contribution in [-0.2, 0) is 14.2 Å². The van der Waals surface area contributed by atoms with E-state index in [2.05, 4.69) is 37.5 Å². The fourth-order valence-corrected chi connectivity index (χ4v) is 1.61. The maximum absolute atomic E-state index is 6.06. The summed E-state index contributed by atoms with van der Waals surface area (Å²) in [6.45, 7) is 11.5. The van der Waals surface area contributed by atoms with Gasteiger partial charge in [-0.15, -0.1) is 0 Å². The molecular weight excluding hydrogens is 268 g/mol. The maximum Gasteiger partial charge on any atom is 0.163 e. The van der Waals surface area contributed by atoms with Crippen LogP contribution in [0.25, 0.3) is 0 Å². The van der Waals surface area contributed by atoms with Crippen molar-refractivity contribution in [1.29, 1.82) is 0 Å². The minimum atomic E-state index is -0.225. The molecular formula is C16H36N2O3. The van der Waals surface area contributed by atoms with E-state index in [9.17, 15) is 0 Å². The number of rotatable bonds is 12. The Labute approximate surface area is 131 Å². The summed E-state index contributed by atoms with van der Waals surface area (Å²) in [4.78, 5) is 4.20. The second-order valence-electron chi connectivity index (χ2n) is 6.71. The Balaban J connectivity index is 4.32. The van der Waals surface area contributed by atoms with Crippen molar-refractivity contribution in [2.24, 2.45) is 11.8 Å². The highest BCUT2D eigenvalue weighted by atomic mass is 16.8. The number of likely N-dealkylation sites (N-methyl/N-ethyl adjacent to an activating group) is 2. The molecule has 0 N–H and O–H groups in total. The van der Waals surface area contributed by atoms with Crippen LogP contribution in [0.4, 0.5) is 0 Å². The highest BCUT2D eigenvalue weighted by Gasteiger charge is 2.23. The molecule has 0 amide bonds. The van der Waals surface area contributed by atoms with Crippen molar-refractivity contribution in [1.82, 2.24) is 9.80 Å². The number of hydrogen-bond acceptors (Lipinski definition) is 5. The smallest absolute Gasteiger partial charge is 0.163 e. The lowest BCUT2D eigenvalue weighted by Gasteiger charge is -2.30. The van der Waals surface area contributed by atoms with E-state index in [0.717, 1.165) is 13.1 Å². The number of hydrogen-bond donors (Lipinski definition) is 0. The van der Waals surface area contributed by atoms with E-state index >= 15 is 0 Å². The largest absolute Gasteiger partial charge is 0.351 e. The fourth-order valence-electron chi connectivity index (χ4n) is 1.61. The van der Waals surface area contributed by atoms with Crippen molar-refractivity contribution in [3.8, 4) is 0 Å². The molecule has 0 aromatic rings. The van der Waals surface area contributed by atoms with Gasteiger partial charge in [-0.25, -0.2) is 0 Å². The zero-order chi connectivity index (χ0) is 16.4. The highest BCUT2D eigenvalue weighted by molar-refractivity contribution is 4.58. The first-order chi connectivity index (χ1) is 9.73. The van der Waals surface area contributed by atoms with E-state index in [4.69, 9.17) is 14.2 Å². The molecule has 128 valence electrons. The zero-order valence-electron chi connectivity index (χ0n) is 15.3. The molecule has 0 aliphatic rings. The van der Waals surface area contributed by atoms with Crippen LogP contribution < -0.4 is 0 Å². The second kappa shape index (κ2) is 11.4. The first kappa shape index (κ1) is 20.8. The van der Waals surface area contributed by atoms with Crippen molar-refractivity contribution < 1.29 is 14.2 Å². The standard InChI is InChI=1S/C16H36N2O3/c1-13(2)15(19-11-9-17(5)6)21-16(14(3)4)20-12-10-18(7)8/h13-16H,9-12H2,1-8H3. The minimum Gasteiger partial charge on any atom is -0.351 e. The van der Waals surface area contributed by atoms with Gasteiger partial charge in [-0.2, -0.15) is 0 Å². The third-order valence-corrected chi connectivity index (χ3v) is 3.00. The number of ether oxygens (including phenoxy) is 3. The summed E-state index contributed by atoms with van der Waals surface area (Å²) < 4.78 is 17.8. The summed E-state index contributed by atoms with van der Waals surface area (Å²) in [5.41, 5.74) is 0. The van der Waals surface area contributed by atoms with Gasteiger partial charge in [0.05, 0.1) is 13.2 Å². The molecule has 21 heavy (non-hydrogen) atoms. The average molecular weight is 304 g/mol. The maximum atomic E-state index is 6.06. The molecule has 0 spiro atoms. The minimum absolute atomic E-state index is 0.225. The van der Waals surface area contributed by atoms with Gasteiger partial charge in [0.2, 0.25) is 0 Å². The molecule has 5 heteroatoms. The van der Waals surface area contributed by atoms with Crippen LogP contribution in [0.5, 0.6) is 0 Å². The van der Waals surface area contributed by atoms with E-state index in [0.29, 0.717) is 25.0 Å². The predicted molar refractivity (Wildman–Crippen MR) is 87.3 cm³/mol. The molecule has 0 bridgehead atoms. The molecule has 0 saturated heterocycles. The van der Waals surface area contributed by atoms with Gasteiger partial charge in [-0.05, 0) is 28.2 Å². The van der Waals surface area contributed by atoms with Crippen molar-refractivity contribution in [3.63, 3.8) is 0 Å². The van der Waals surface area contributed by atoms with Gasteiger partial charge in [0.15, 0.2) is 12.6 Å². The second-order valence-corrected chi connectivity index (χ2v) is 6.71. The van der Waals surface area contributed by atoms with Crippen molar-refractivity contribution in [3.05, 3.63) is 0 Å². The molecule has 0 aliphatic carbocycles. The van der Waals surface area contributed by atoms with Gasteiger partial charge in [0, 0.05) is 24.9 Å². The first-order valence-electron chi connectivity index (χ1n) is 7.92. The van der Waals surface area contributed by atoms with Crippen LogP contribution >= 0.6 is 0 Å². The molecule has 0 radical (unpaired) electrons. The lowest BCUT2D eigenvalue weighted by molar-refractivity contribution is -0.272. The summed E-state index contributed by atoms with van der Waals surface area (Å²) in [7, 11) is 8.15. The zero-order valence-corrected chi connectivity index (χ0v) is 15.3. The molecule has 2 atom stereocenters. The molecule has 5 nitrogen and oxygen atoms in total. The van der Waals surface area contributed by atoms with Crippen LogP contribution in [0.15, 0.2) is 0 Å². The van der Waals surface area contributed by atoms with Gasteiger partial charge in [-0.3, -0.25) is 0 Å². The van der Waals surface area contributed by atoms with Gasteiger partial charge in [0.25, 0.3) is 0 Å². The lowest BCUT2D eigenvalue weighted by atomic mass is 10.2. The summed E-state index contributed by atoms with van der Waals surface area (Å²) in [6.07, 6.45) is -0.451. The molecule has 2 unspecified atom stereocenters. The van der Waals surface area contributed by atoms with Crippen LogP contribution in [0.1, 0.15) is 27.7 Å². The predicted octanol–water partition coefficient (Wildman–Crippen LogP) is 2.12. The Kier molecular flexibility index (Phi) is 11.3. The van der Waals surface area contributed by atoms with E-state index in [-0.39, 0.29) is 12.6 Å². The topological polar surface area (TPSA) is 34.2 Å². The normalized spacial score (nSPS) is 15.4. The monoisotopic (exact) mass is 304 g/mol. The Hall–Kier alpha value is -0.200. The van der Waals surface area contributed by atoms with Crippen LogP contribution in [0.3, 0.4) is 0 Å². The Morgan fingerprint density at radius 1 is 0.667 bits per heavy atom. The molecule has 0 aliphatic heterocycles. The fraction of sp³-hybridized carbons (Fsp3) is 1.00. The molecule has 0 aromatic heterocycles. The van der Waals surface area contributed by atoms with Crippen molar-refractivity contribution in [2.45, 2.75) is 40.3 Å². The highest BCUT2D eigenvalue weighted by Crippen LogP contribution is 2.17. The molecule has 0 fully saturated rings. The summed E-state index contributed by atoms with van der Waals surface area (Å²) >= 11 is 0. The van der Waals surface area contributed by atoms with Gasteiger partial charge >= 0.3 is 0 Å². The average Bonchev–Trinajstić information content (AvgIpc) is 2.34. The van der Waals surface area contributed by atoms with Crippen LogP contribution in [0, 0.1) is 11.8 Å². The SMILES string of the molecule is CC(C)C(OCCN(C)C)OC(OCCN(C)C)C(C)C. The van der Waals surface area contributed by atoms with E-state index in [1.807, 2.05) is 28.2 Å². The van der Waals surface area contributed by atoms with E-state index in [1.54, 1.807) is 0 Å². The lowest BCUT2D eigenvalue weighted by Crippen LogP contribution is -2.36. The van der Waals surface area contributed by atoms with Gasteiger partial charge in [0.1, 0.15) is 0 Å². The van der Waals surface area contributed by atoms with Crippen molar-refractivity contribution in [2.75, 3.05) is 54.5 Å². The molecule has 0 aromatic carbocycles. The third kappa shape index (κ3) is 11.1. The first-order valence-corrected chi connectivity index (χ1v) is 7.92. The van der Waals surface area contributed by atoms with Gasteiger partial charge < -0.3 is 24.0 Å². The van der Waals surface area contributed by atoms with Crippen LogP contribution in [-0.4, -0.2) is 76.9 Å². The summed E-state index contributed by atoms with van der Waals surface area (Å²) in [5.74, 6) is 0.594. The molecule has 0 saturated carbocycles. The summed E-state index contributed by atoms with van der Waals surface area (Å²) in [5, 5.41) is 0. The third-order valence-electron chi connectivity index (χ3n) is 3.00.